The van der Waals surface area contributed by atoms with Crippen LogP contribution in [-0.4, -0.2) is 101 Å². The average molecular weight is 670 g/mol. The molecule has 0 aromatic rings. The van der Waals surface area contributed by atoms with Gasteiger partial charge in [0, 0.05) is 49.6 Å². The predicted octanol–water partition coefficient (Wildman–Crippen LogP) is 2.94. The van der Waals surface area contributed by atoms with E-state index in [-0.39, 0.29) is 54.0 Å². The summed E-state index contributed by atoms with van der Waals surface area (Å²) in [6.07, 6.45) is 2.81. The number of carbonyl (C=O) groups is 1. The molecular formula is C36H61O11-. The fourth-order valence-electron chi connectivity index (χ4n) is 9.91. The summed E-state index contributed by atoms with van der Waals surface area (Å²) in [4.78, 5) is 11.7. The molecule has 1 spiro atoms. The monoisotopic (exact) mass is 669 g/mol. The Morgan fingerprint density at radius 3 is 2.36 bits per heavy atom. The Hall–Kier alpha value is -0.890. The van der Waals surface area contributed by atoms with Gasteiger partial charge in [-0.05, 0) is 57.3 Å². The maximum Gasteiger partial charge on any atom is 0.192 e. The van der Waals surface area contributed by atoms with Gasteiger partial charge in [0.15, 0.2) is 11.6 Å². The fourth-order valence-corrected chi connectivity index (χ4v) is 9.91. The Bertz CT molecular complexity index is 1110. The van der Waals surface area contributed by atoms with Crippen molar-refractivity contribution in [3.63, 3.8) is 0 Å². The Balaban J connectivity index is 1.29. The second-order valence-electron chi connectivity index (χ2n) is 16.3. The van der Waals surface area contributed by atoms with Crippen LogP contribution in [-0.2, 0) is 33.2 Å². The average Bonchev–Trinajstić information content (AvgIpc) is 3.73. The number of aliphatic hydroxyl groups is 3. The summed E-state index contributed by atoms with van der Waals surface area (Å²) in [7, 11) is 1.50. The molecule has 5 heterocycles. The quantitative estimate of drug-likeness (QED) is 0.314. The molecule has 17 atom stereocenters. The second kappa shape index (κ2) is 13.7. The van der Waals surface area contributed by atoms with Gasteiger partial charge in [-0.1, -0.05) is 48.5 Å². The standard InChI is InChI=1S/C36H62O11/c1-10-34(31-20(3)16-26(43-31)28-19(2)15-21(4)36(41,18-37)46-28)12-11-27(44-34)33(8)13-14-35(47-33)17-25(38)22(5)30(45-35)23(6)29(42-9)24(7)32(39)40/h19-31,37-38,41H,10-18H2,1-9H3,(H,39,40)/p-1. The van der Waals surface area contributed by atoms with Crippen molar-refractivity contribution in [2.24, 2.45) is 35.5 Å². The van der Waals surface area contributed by atoms with Crippen LogP contribution in [0.2, 0.25) is 0 Å². The maximum atomic E-state index is 11.7. The molecule has 47 heavy (non-hydrogen) atoms. The first kappa shape index (κ1) is 37.4. The van der Waals surface area contributed by atoms with Crippen LogP contribution in [0.1, 0.15) is 107 Å². The first-order valence-electron chi connectivity index (χ1n) is 18.1. The molecule has 5 aliphatic heterocycles. The van der Waals surface area contributed by atoms with E-state index in [0.29, 0.717) is 19.3 Å². The lowest BCUT2D eigenvalue weighted by Gasteiger charge is -2.49. The van der Waals surface area contributed by atoms with Crippen LogP contribution in [0.3, 0.4) is 0 Å². The first-order chi connectivity index (χ1) is 22.0. The molecule has 0 amide bonds. The number of methoxy groups -OCH3 is 1. The van der Waals surface area contributed by atoms with Gasteiger partial charge < -0.3 is 53.6 Å². The highest BCUT2D eigenvalue weighted by Crippen LogP contribution is 2.55. The Morgan fingerprint density at radius 2 is 1.74 bits per heavy atom. The zero-order chi connectivity index (χ0) is 34.7. The minimum Gasteiger partial charge on any atom is -0.550 e. The van der Waals surface area contributed by atoms with E-state index in [0.717, 1.165) is 32.1 Å². The predicted molar refractivity (Wildman–Crippen MR) is 170 cm³/mol. The van der Waals surface area contributed by atoms with Crippen LogP contribution < -0.4 is 5.11 Å². The molecule has 5 aliphatic rings. The molecule has 0 bridgehead atoms. The molecule has 11 nitrogen and oxygen atoms in total. The Kier molecular flexibility index (Phi) is 10.9. The van der Waals surface area contributed by atoms with E-state index in [9.17, 15) is 25.2 Å². The highest BCUT2D eigenvalue weighted by atomic mass is 16.7. The molecule has 17 unspecified atom stereocenters. The van der Waals surface area contributed by atoms with Crippen molar-refractivity contribution >= 4 is 5.97 Å². The van der Waals surface area contributed by atoms with Gasteiger partial charge in [-0.25, -0.2) is 0 Å². The number of hydrogen-bond donors (Lipinski definition) is 3. The number of aliphatic hydroxyl groups excluding tert-OH is 2. The zero-order valence-electron chi connectivity index (χ0n) is 30.0. The van der Waals surface area contributed by atoms with E-state index in [1.165, 1.54) is 7.11 Å². The summed E-state index contributed by atoms with van der Waals surface area (Å²) in [5.41, 5.74) is -1.16. The van der Waals surface area contributed by atoms with E-state index in [1.54, 1.807) is 6.92 Å². The van der Waals surface area contributed by atoms with Gasteiger partial charge in [0.25, 0.3) is 0 Å². The van der Waals surface area contributed by atoms with Crippen LogP contribution >= 0.6 is 0 Å². The van der Waals surface area contributed by atoms with Gasteiger partial charge >= 0.3 is 0 Å². The van der Waals surface area contributed by atoms with Crippen LogP contribution in [0.5, 0.6) is 0 Å². The van der Waals surface area contributed by atoms with E-state index < -0.39 is 59.6 Å². The highest BCUT2D eigenvalue weighted by molar-refractivity contribution is 5.67. The van der Waals surface area contributed by atoms with Crippen LogP contribution in [0.4, 0.5) is 0 Å². The summed E-state index contributed by atoms with van der Waals surface area (Å²) in [5.74, 6) is -4.97. The molecule has 0 aromatic carbocycles. The van der Waals surface area contributed by atoms with Crippen molar-refractivity contribution < 1.29 is 53.6 Å². The number of carboxylic acids is 1. The SMILES string of the molecule is CCC1(C2OC(C3OC(O)(CO)C(C)CC3C)CC2C)CCC(C2(C)CCC3(CC(O)C(C)C(C(C)C(OC)C(C)C(=O)[O-])O3)O2)O1. The molecule has 5 saturated heterocycles. The first-order valence-corrected chi connectivity index (χ1v) is 18.1. The molecule has 5 rings (SSSR count). The number of rotatable bonds is 10. The van der Waals surface area contributed by atoms with Crippen LogP contribution in [0, 0.1) is 35.5 Å². The normalized spacial score (nSPS) is 50.9. The third-order valence-electron chi connectivity index (χ3n) is 13.0. The number of hydrogen-bond acceptors (Lipinski definition) is 11. The molecule has 11 heteroatoms. The topological polar surface area (TPSA) is 156 Å². The largest absolute Gasteiger partial charge is 0.550 e. The number of carboxylic acid groups (broad SMARTS) is 1. The highest BCUT2D eigenvalue weighted by Gasteiger charge is 2.62. The minimum absolute atomic E-state index is 0.158. The van der Waals surface area contributed by atoms with Gasteiger partial charge in [-0.2, -0.15) is 0 Å². The lowest BCUT2D eigenvalue weighted by atomic mass is 9.78. The molecule has 5 fully saturated rings. The Labute approximate surface area is 281 Å². The maximum absolute atomic E-state index is 11.7. The van der Waals surface area contributed by atoms with E-state index in [2.05, 4.69) is 27.7 Å². The fraction of sp³-hybridized carbons (Fsp3) is 0.972. The van der Waals surface area contributed by atoms with Gasteiger partial charge in [0.2, 0.25) is 0 Å². The van der Waals surface area contributed by atoms with E-state index in [4.69, 9.17) is 28.4 Å². The number of aliphatic carboxylic acids is 1. The smallest absolute Gasteiger partial charge is 0.192 e. The number of ether oxygens (including phenoxy) is 6. The molecule has 0 radical (unpaired) electrons. The van der Waals surface area contributed by atoms with Crippen molar-refractivity contribution in [1.82, 2.24) is 0 Å². The van der Waals surface area contributed by atoms with Gasteiger partial charge in [-0.15, -0.1) is 0 Å². The molecule has 0 aromatic heterocycles. The van der Waals surface area contributed by atoms with E-state index in [1.807, 2.05) is 20.8 Å². The lowest BCUT2D eigenvalue weighted by Crippen LogP contribution is -2.57. The number of carbonyl (C=O) groups excluding carboxylic acids is 1. The summed E-state index contributed by atoms with van der Waals surface area (Å²) >= 11 is 0. The van der Waals surface area contributed by atoms with E-state index >= 15 is 0 Å². The second-order valence-corrected chi connectivity index (χ2v) is 16.3. The third-order valence-corrected chi connectivity index (χ3v) is 13.0. The van der Waals surface area contributed by atoms with Crippen LogP contribution in [0.25, 0.3) is 0 Å². The van der Waals surface area contributed by atoms with Gasteiger partial charge in [-0.3, -0.25) is 0 Å². The summed E-state index contributed by atoms with van der Waals surface area (Å²) < 4.78 is 39.3. The van der Waals surface area contributed by atoms with Crippen molar-refractivity contribution in [3.8, 4) is 0 Å². The van der Waals surface area contributed by atoms with Crippen molar-refractivity contribution in [2.45, 2.75) is 172 Å². The van der Waals surface area contributed by atoms with Gasteiger partial charge in [0.05, 0.1) is 60.5 Å². The van der Waals surface area contributed by atoms with Crippen molar-refractivity contribution in [1.29, 1.82) is 0 Å². The molecule has 3 N–H and O–H groups in total. The molecule has 0 aliphatic carbocycles. The molecular weight excluding hydrogens is 608 g/mol. The Morgan fingerprint density at radius 1 is 1.04 bits per heavy atom. The summed E-state index contributed by atoms with van der Waals surface area (Å²) in [6.45, 7) is 15.4. The molecule has 0 saturated carbocycles. The summed E-state index contributed by atoms with van der Waals surface area (Å²) in [6, 6.07) is 0. The zero-order valence-corrected chi connectivity index (χ0v) is 30.0. The lowest BCUT2D eigenvalue weighted by molar-refractivity contribution is -0.338. The van der Waals surface area contributed by atoms with Crippen LogP contribution in [0.15, 0.2) is 0 Å². The molecule has 272 valence electrons. The minimum atomic E-state index is -1.57. The third kappa shape index (κ3) is 6.67. The van der Waals surface area contributed by atoms with Gasteiger partial charge in [0.1, 0.15) is 0 Å². The van der Waals surface area contributed by atoms with Crippen molar-refractivity contribution in [2.75, 3.05) is 13.7 Å². The summed E-state index contributed by atoms with van der Waals surface area (Å²) in [5, 5.41) is 43.9. The van der Waals surface area contributed by atoms with Crippen molar-refractivity contribution in [3.05, 3.63) is 0 Å².